The summed E-state index contributed by atoms with van der Waals surface area (Å²) in [5.74, 6) is 0.914. The van der Waals surface area contributed by atoms with Crippen LogP contribution < -0.4 is 5.32 Å². The van der Waals surface area contributed by atoms with Gasteiger partial charge in [0.2, 0.25) is 0 Å². The smallest absolute Gasteiger partial charge is 0.125 e. The lowest BCUT2D eigenvalue weighted by Crippen LogP contribution is -2.35. The van der Waals surface area contributed by atoms with Crippen molar-refractivity contribution in [1.82, 2.24) is 15.1 Å². The molecule has 0 bridgehead atoms. The lowest BCUT2D eigenvalue weighted by Gasteiger charge is -2.28. The van der Waals surface area contributed by atoms with Gasteiger partial charge in [0.25, 0.3) is 0 Å². The van der Waals surface area contributed by atoms with Crippen LogP contribution in [0, 0.1) is 0 Å². The molecule has 3 rings (SSSR count). The number of nitrogens with zero attached hydrogens (tertiary/aromatic N) is 2. The fraction of sp³-hybridized carbons (Fsp3) is 0.500. The minimum absolute atomic E-state index is 0.145. The zero-order chi connectivity index (χ0) is 16.3. The number of rotatable bonds is 4. The summed E-state index contributed by atoms with van der Waals surface area (Å²) < 4.78 is 5.46. The van der Waals surface area contributed by atoms with Crippen LogP contribution >= 0.6 is 0 Å². The molecule has 0 aliphatic carbocycles. The highest BCUT2D eigenvalue weighted by molar-refractivity contribution is 5.61. The minimum Gasteiger partial charge on any atom is -0.379 e. The highest BCUT2D eigenvalue weighted by Gasteiger charge is 2.18. The molecule has 2 N–H and O–H groups in total. The fourth-order valence-electron chi connectivity index (χ4n) is 2.78. The number of morpholine rings is 1. The van der Waals surface area contributed by atoms with Crippen LogP contribution in [0.2, 0.25) is 0 Å². The average molecular weight is 314 g/mol. The van der Waals surface area contributed by atoms with Crippen LogP contribution in [0.5, 0.6) is 0 Å². The lowest BCUT2D eigenvalue weighted by atomic mass is 9.86. The zero-order valence-electron chi connectivity index (χ0n) is 14.2. The molecule has 1 saturated heterocycles. The number of anilines is 2. The van der Waals surface area contributed by atoms with Gasteiger partial charge in [-0.2, -0.15) is 5.10 Å². The number of hydrogen-bond donors (Lipinski definition) is 2. The Kier molecular flexibility index (Phi) is 4.68. The number of nitrogens with one attached hydrogen (secondary N) is 2. The molecule has 5 nitrogen and oxygen atoms in total. The van der Waals surface area contributed by atoms with Crippen LogP contribution in [-0.2, 0) is 16.7 Å². The Hall–Kier alpha value is -1.85. The van der Waals surface area contributed by atoms with Gasteiger partial charge >= 0.3 is 0 Å². The number of aromatic amines is 1. The highest BCUT2D eigenvalue weighted by Crippen LogP contribution is 2.29. The van der Waals surface area contributed by atoms with Crippen molar-refractivity contribution in [3.05, 3.63) is 41.6 Å². The molecule has 124 valence electrons. The number of hydrogen-bond acceptors (Lipinski definition) is 4. The maximum absolute atomic E-state index is 5.46. The van der Waals surface area contributed by atoms with Crippen LogP contribution in [0.4, 0.5) is 11.5 Å². The third-order valence-corrected chi connectivity index (χ3v) is 4.24. The Balaban J connectivity index is 1.87. The van der Waals surface area contributed by atoms with Gasteiger partial charge in [-0.1, -0.05) is 32.9 Å². The first-order valence-electron chi connectivity index (χ1n) is 8.22. The number of aromatic nitrogens is 2. The van der Waals surface area contributed by atoms with Crippen molar-refractivity contribution in [3.8, 4) is 0 Å². The molecule has 0 radical (unpaired) electrons. The topological polar surface area (TPSA) is 53.2 Å². The maximum atomic E-state index is 5.46. The van der Waals surface area contributed by atoms with E-state index in [0.717, 1.165) is 44.4 Å². The Morgan fingerprint density at radius 1 is 1.22 bits per heavy atom. The summed E-state index contributed by atoms with van der Waals surface area (Å²) in [6.45, 7) is 11.3. The first kappa shape index (κ1) is 16.0. The molecule has 1 aliphatic rings. The van der Waals surface area contributed by atoms with Crippen molar-refractivity contribution in [1.29, 1.82) is 0 Å². The lowest BCUT2D eigenvalue weighted by molar-refractivity contribution is 0.0342. The molecule has 5 heteroatoms. The van der Waals surface area contributed by atoms with Gasteiger partial charge in [0.05, 0.1) is 19.4 Å². The Labute approximate surface area is 138 Å². The molecule has 0 unspecified atom stereocenters. The summed E-state index contributed by atoms with van der Waals surface area (Å²) >= 11 is 0. The van der Waals surface area contributed by atoms with Crippen LogP contribution in [0.3, 0.4) is 0 Å². The molecule has 1 aromatic heterocycles. The second kappa shape index (κ2) is 6.72. The van der Waals surface area contributed by atoms with Crippen molar-refractivity contribution in [2.24, 2.45) is 0 Å². The van der Waals surface area contributed by atoms with E-state index in [9.17, 15) is 0 Å². The summed E-state index contributed by atoms with van der Waals surface area (Å²) in [4.78, 5) is 2.45. The van der Waals surface area contributed by atoms with Crippen LogP contribution in [0.25, 0.3) is 0 Å². The first-order valence-corrected chi connectivity index (χ1v) is 8.22. The fourth-order valence-corrected chi connectivity index (χ4v) is 2.78. The van der Waals surface area contributed by atoms with Crippen molar-refractivity contribution in [2.75, 3.05) is 31.6 Å². The number of H-pyrrole nitrogens is 1. The molecule has 1 aliphatic heterocycles. The molecule has 0 amide bonds. The molecular weight excluding hydrogens is 288 g/mol. The highest BCUT2D eigenvalue weighted by atomic mass is 16.5. The average Bonchev–Trinajstić information content (AvgIpc) is 3.02. The summed E-state index contributed by atoms with van der Waals surface area (Å²) in [6.07, 6.45) is 1.76. The van der Waals surface area contributed by atoms with Gasteiger partial charge in [0.1, 0.15) is 5.82 Å². The second-order valence-electron chi connectivity index (χ2n) is 7.11. The van der Waals surface area contributed by atoms with Crippen LogP contribution in [0.15, 0.2) is 30.5 Å². The summed E-state index contributed by atoms with van der Waals surface area (Å²) in [5.41, 5.74) is 3.95. The summed E-state index contributed by atoms with van der Waals surface area (Å²) in [7, 11) is 0. The Morgan fingerprint density at radius 3 is 2.65 bits per heavy atom. The molecule has 0 saturated carbocycles. The van der Waals surface area contributed by atoms with Crippen molar-refractivity contribution in [2.45, 2.75) is 32.7 Å². The van der Waals surface area contributed by atoms with Gasteiger partial charge < -0.3 is 10.1 Å². The quantitative estimate of drug-likeness (QED) is 0.909. The zero-order valence-corrected chi connectivity index (χ0v) is 14.2. The van der Waals surface area contributed by atoms with Crippen LogP contribution in [0.1, 0.15) is 31.9 Å². The molecule has 0 spiro atoms. The van der Waals surface area contributed by atoms with E-state index in [4.69, 9.17) is 4.74 Å². The number of ether oxygens (including phenoxy) is 1. The van der Waals surface area contributed by atoms with E-state index in [1.54, 1.807) is 6.20 Å². The third-order valence-electron chi connectivity index (χ3n) is 4.24. The third kappa shape index (κ3) is 4.12. The molecule has 23 heavy (non-hydrogen) atoms. The first-order chi connectivity index (χ1) is 11.0. The standard InChI is InChI=1S/C18H26N4O/c1-18(2,3)15-4-5-16(20-17-6-7-19-21-17)14(12-15)13-22-8-10-23-11-9-22/h4-7,12H,8-11,13H2,1-3H3,(H2,19,20,21). The number of benzene rings is 1. The van der Waals surface area contributed by atoms with E-state index in [-0.39, 0.29) is 5.41 Å². The molecular formula is C18H26N4O. The molecule has 2 aromatic rings. The normalized spacial score (nSPS) is 16.5. The predicted molar refractivity (Wildman–Crippen MR) is 93.1 cm³/mol. The van der Waals surface area contributed by atoms with E-state index in [1.807, 2.05) is 6.07 Å². The maximum Gasteiger partial charge on any atom is 0.125 e. The SMILES string of the molecule is CC(C)(C)c1ccc(Nc2ccn[nH]2)c(CN2CCOCC2)c1. The monoisotopic (exact) mass is 314 g/mol. The van der Waals surface area contributed by atoms with Crippen LogP contribution in [-0.4, -0.2) is 41.4 Å². The van der Waals surface area contributed by atoms with E-state index in [1.165, 1.54) is 11.1 Å². The largest absolute Gasteiger partial charge is 0.379 e. The van der Waals surface area contributed by atoms with Gasteiger partial charge in [0.15, 0.2) is 0 Å². The van der Waals surface area contributed by atoms with Crippen molar-refractivity contribution >= 4 is 11.5 Å². The van der Waals surface area contributed by atoms with Gasteiger partial charge in [-0.05, 0) is 22.6 Å². The Morgan fingerprint density at radius 2 is 2.00 bits per heavy atom. The predicted octanol–water partition coefficient (Wildman–Crippen LogP) is 3.28. The second-order valence-corrected chi connectivity index (χ2v) is 7.11. The van der Waals surface area contributed by atoms with Gasteiger partial charge in [-0.25, -0.2) is 0 Å². The van der Waals surface area contributed by atoms with E-state index >= 15 is 0 Å². The minimum atomic E-state index is 0.145. The van der Waals surface area contributed by atoms with E-state index in [2.05, 4.69) is 59.4 Å². The van der Waals surface area contributed by atoms with E-state index < -0.39 is 0 Å². The van der Waals surface area contributed by atoms with Gasteiger partial charge in [-0.15, -0.1) is 0 Å². The summed E-state index contributed by atoms with van der Waals surface area (Å²) in [6, 6.07) is 8.66. The molecule has 1 aromatic carbocycles. The molecule has 2 heterocycles. The van der Waals surface area contributed by atoms with E-state index in [0.29, 0.717) is 0 Å². The Bertz CT molecular complexity index is 625. The molecule has 0 atom stereocenters. The van der Waals surface area contributed by atoms with Gasteiger partial charge in [0, 0.05) is 31.4 Å². The van der Waals surface area contributed by atoms with Gasteiger partial charge in [-0.3, -0.25) is 10.00 Å². The van der Waals surface area contributed by atoms with Crippen molar-refractivity contribution in [3.63, 3.8) is 0 Å². The molecule has 1 fully saturated rings. The van der Waals surface area contributed by atoms with Crippen molar-refractivity contribution < 1.29 is 4.74 Å². The summed E-state index contributed by atoms with van der Waals surface area (Å²) in [5, 5.41) is 10.4.